The number of hydrogen-bond donors (Lipinski definition) is 2. The number of nitrogens with one attached hydrogen (secondary N) is 2. The molecular weight excluding hydrogens is 425 g/mol. The van der Waals surface area contributed by atoms with Gasteiger partial charge in [0.25, 0.3) is 5.91 Å². The molecule has 0 spiro atoms. The molecule has 4 rings (SSSR count). The average Bonchev–Trinajstić information content (AvgIpc) is 3.22. The van der Waals surface area contributed by atoms with Gasteiger partial charge in [-0.3, -0.25) is 4.79 Å². The number of ether oxygens (including phenoxy) is 2. The van der Waals surface area contributed by atoms with Crippen LogP contribution in [-0.2, 0) is 0 Å². The molecule has 1 amide bonds. The second kappa shape index (κ2) is 8.45. The van der Waals surface area contributed by atoms with Crippen LogP contribution in [0, 0.1) is 0 Å². The molecule has 0 bridgehead atoms. The number of rotatable bonds is 5. The average molecular weight is 446 g/mol. The zero-order chi connectivity index (χ0) is 22.9. The molecule has 0 fully saturated rings. The topological polar surface area (TPSA) is 77.4 Å². The number of anilines is 2. The summed E-state index contributed by atoms with van der Waals surface area (Å²) in [5, 5.41) is 9.63. The minimum absolute atomic E-state index is 0.00895. The van der Waals surface area contributed by atoms with Gasteiger partial charge in [-0.2, -0.15) is 18.3 Å². The smallest absolute Gasteiger partial charge is 0.410 e. The number of halogens is 3. The maximum absolute atomic E-state index is 13.8. The van der Waals surface area contributed by atoms with E-state index in [4.69, 9.17) is 9.47 Å². The highest BCUT2D eigenvalue weighted by Crippen LogP contribution is 2.44. The number of fused-ring (bicyclic) bond motifs is 1. The van der Waals surface area contributed by atoms with Gasteiger partial charge in [-0.05, 0) is 17.7 Å². The first kappa shape index (κ1) is 21.5. The second-order valence-electron chi connectivity index (χ2n) is 7.28. The summed E-state index contributed by atoms with van der Waals surface area (Å²) < 4.78 is 52.7. The van der Waals surface area contributed by atoms with Crippen molar-refractivity contribution in [2.45, 2.75) is 24.7 Å². The van der Waals surface area contributed by atoms with Crippen molar-refractivity contribution in [2.75, 3.05) is 24.9 Å². The molecule has 1 aromatic heterocycles. The molecule has 0 aliphatic carbocycles. The molecule has 0 saturated carbocycles. The molecular formula is C22H21F3N4O3. The molecule has 0 saturated heterocycles. The van der Waals surface area contributed by atoms with Crippen LogP contribution >= 0.6 is 0 Å². The molecule has 32 heavy (non-hydrogen) atoms. The third-order valence-corrected chi connectivity index (χ3v) is 5.33. The number of aromatic nitrogens is 2. The second-order valence-corrected chi connectivity index (χ2v) is 7.28. The Bertz CT molecular complexity index is 1120. The number of carbonyl (C=O) groups is 1. The summed E-state index contributed by atoms with van der Waals surface area (Å²) in [6, 6.07) is 11.1. The highest BCUT2D eigenvalue weighted by molar-refractivity contribution is 6.07. The van der Waals surface area contributed by atoms with E-state index >= 15 is 0 Å². The van der Waals surface area contributed by atoms with Crippen LogP contribution in [0.2, 0.25) is 0 Å². The van der Waals surface area contributed by atoms with Gasteiger partial charge in [0.1, 0.15) is 11.4 Å². The van der Waals surface area contributed by atoms with Crippen LogP contribution in [0.25, 0.3) is 0 Å². The zero-order valence-corrected chi connectivity index (χ0v) is 17.3. The molecule has 2 heterocycles. The number of hydrogen-bond acceptors (Lipinski definition) is 5. The highest BCUT2D eigenvalue weighted by Gasteiger charge is 2.47. The van der Waals surface area contributed by atoms with E-state index in [0.717, 1.165) is 10.9 Å². The first-order chi connectivity index (χ1) is 15.3. The minimum atomic E-state index is -4.52. The van der Waals surface area contributed by atoms with Crippen LogP contribution in [0.15, 0.2) is 54.7 Å². The predicted octanol–water partition coefficient (Wildman–Crippen LogP) is 4.81. The van der Waals surface area contributed by atoms with Gasteiger partial charge < -0.3 is 20.1 Å². The third kappa shape index (κ3) is 4.08. The standard InChI is InChI=1S/C22H21F3N4O3/c1-31-17-9-8-14(10-18(17)32-2)27-21(30)15-12-26-29-19(22(23,24)25)11-16(28-20(15)29)13-6-4-3-5-7-13/h3-10,12,16,19,28H,11H2,1-2H3,(H,27,30)/t16-,19+/m1/s1. The number of benzene rings is 2. The zero-order valence-electron chi connectivity index (χ0n) is 17.3. The number of methoxy groups -OCH3 is 2. The Hall–Kier alpha value is -3.69. The van der Waals surface area contributed by atoms with Crippen LogP contribution < -0.4 is 20.1 Å². The van der Waals surface area contributed by atoms with Gasteiger partial charge in [0.15, 0.2) is 17.5 Å². The summed E-state index contributed by atoms with van der Waals surface area (Å²) in [5.41, 5.74) is 1.10. The lowest BCUT2D eigenvalue weighted by atomic mass is 9.96. The van der Waals surface area contributed by atoms with E-state index in [-0.39, 0.29) is 17.8 Å². The first-order valence-electron chi connectivity index (χ1n) is 9.81. The Morgan fingerprint density at radius 3 is 2.50 bits per heavy atom. The van der Waals surface area contributed by atoms with Crippen molar-refractivity contribution in [3.63, 3.8) is 0 Å². The summed E-state index contributed by atoms with van der Waals surface area (Å²) >= 11 is 0. The predicted molar refractivity (Wildman–Crippen MR) is 112 cm³/mol. The fourth-order valence-electron chi connectivity index (χ4n) is 3.75. The Kier molecular flexibility index (Phi) is 5.68. The third-order valence-electron chi connectivity index (χ3n) is 5.33. The number of carbonyl (C=O) groups excluding carboxylic acids is 1. The van der Waals surface area contributed by atoms with E-state index < -0.39 is 24.2 Å². The van der Waals surface area contributed by atoms with E-state index in [2.05, 4.69) is 15.7 Å². The molecule has 0 unspecified atom stereocenters. The fourth-order valence-corrected chi connectivity index (χ4v) is 3.75. The summed E-state index contributed by atoms with van der Waals surface area (Å²) in [6.07, 6.45) is -3.61. The van der Waals surface area contributed by atoms with Crippen molar-refractivity contribution >= 4 is 17.4 Å². The van der Waals surface area contributed by atoms with Crippen molar-refractivity contribution < 1.29 is 27.4 Å². The van der Waals surface area contributed by atoms with E-state index in [0.29, 0.717) is 22.7 Å². The summed E-state index contributed by atoms with van der Waals surface area (Å²) in [4.78, 5) is 12.9. The molecule has 1 aliphatic rings. The molecule has 10 heteroatoms. The molecule has 0 radical (unpaired) electrons. The molecule has 2 atom stereocenters. The molecule has 2 N–H and O–H groups in total. The van der Waals surface area contributed by atoms with Crippen LogP contribution in [0.4, 0.5) is 24.7 Å². The van der Waals surface area contributed by atoms with Crippen LogP contribution in [0.3, 0.4) is 0 Å². The molecule has 168 valence electrons. The van der Waals surface area contributed by atoms with Gasteiger partial charge in [-0.25, -0.2) is 4.68 Å². The first-order valence-corrected chi connectivity index (χ1v) is 9.81. The Morgan fingerprint density at radius 1 is 1.12 bits per heavy atom. The SMILES string of the molecule is COc1ccc(NC(=O)c2cnn3c2N[C@@H](c2ccccc2)C[C@H]3C(F)(F)F)cc1OC. The van der Waals surface area contributed by atoms with Crippen molar-refractivity contribution in [1.29, 1.82) is 0 Å². The number of alkyl halides is 3. The van der Waals surface area contributed by atoms with Gasteiger partial charge in [-0.15, -0.1) is 0 Å². The van der Waals surface area contributed by atoms with Crippen molar-refractivity contribution in [3.05, 3.63) is 65.9 Å². The monoisotopic (exact) mass is 446 g/mol. The van der Waals surface area contributed by atoms with Crippen LogP contribution in [0.1, 0.15) is 34.4 Å². The number of amides is 1. The van der Waals surface area contributed by atoms with Gasteiger partial charge in [0.2, 0.25) is 0 Å². The lowest BCUT2D eigenvalue weighted by molar-refractivity contribution is -0.173. The fraction of sp³-hybridized carbons (Fsp3) is 0.273. The van der Waals surface area contributed by atoms with Gasteiger partial charge in [0, 0.05) is 18.2 Å². The Morgan fingerprint density at radius 2 is 1.84 bits per heavy atom. The summed E-state index contributed by atoms with van der Waals surface area (Å²) in [7, 11) is 2.95. The van der Waals surface area contributed by atoms with Crippen molar-refractivity contribution in [1.82, 2.24) is 9.78 Å². The van der Waals surface area contributed by atoms with E-state index in [1.165, 1.54) is 14.2 Å². The van der Waals surface area contributed by atoms with Crippen LogP contribution in [0.5, 0.6) is 11.5 Å². The van der Waals surface area contributed by atoms with Crippen molar-refractivity contribution in [3.8, 4) is 11.5 Å². The van der Waals surface area contributed by atoms with Gasteiger partial charge in [-0.1, -0.05) is 30.3 Å². The molecule has 1 aliphatic heterocycles. The largest absolute Gasteiger partial charge is 0.493 e. The molecule has 2 aromatic carbocycles. The Labute approximate surface area is 182 Å². The van der Waals surface area contributed by atoms with Gasteiger partial charge >= 0.3 is 6.18 Å². The normalized spacial score (nSPS) is 17.8. The summed E-state index contributed by atoms with van der Waals surface area (Å²) in [5.74, 6) is 0.307. The molecule has 3 aromatic rings. The lowest BCUT2D eigenvalue weighted by Gasteiger charge is -2.34. The highest BCUT2D eigenvalue weighted by atomic mass is 19.4. The maximum atomic E-state index is 13.8. The molecule has 7 nitrogen and oxygen atoms in total. The quantitative estimate of drug-likeness (QED) is 0.588. The maximum Gasteiger partial charge on any atom is 0.410 e. The van der Waals surface area contributed by atoms with Gasteiger partial charge in [0.05, 0.1) is 26.5 Å². The van der Waals surface area contributed by atoms with E-state index in [1.807, 2.05) is 0 Å². The number of nitrogens with zero attached hydrogens (tertiary/aromatic N) is 2. The van der Waals surface area contributed by atoms with E-state index in [1.54, 1.807) is 48.5 Å². The minimum Gasteiger partial charge on any atom is -0.493 e. The van der Waals surface area contributed by atoms with Crippen LogP contribution in [-0.4, -0.2) is 36.1 Å². The Balaban J connectivity index is 1.66. The van der Waals surface area contributed by atoms with E-state index in [9.17, 15) is 18.0 Å². The summed E-state index contributed by atoms with van der Waals surface area (Å²) in [6.45, 7) is 0. The lowest BCUT2D eigenvalue weighted by Crippen LogP contribution is -2.36. The van der Waals surface area contributed by atoms with Crippen molar-refractivity contribution in [2.24, 2.45) is 0 Å².